The Labute approximate surface area is 154 Å². The van der Waals surface area contributed by atoms with Crippen molar-refractivity contribution >= 4 is 5.96 Å². The molecule has 0 aliphatic heterocycles. The molecule has 0 amide bonds. The van der Waals surface area contributed by atoms with Crippen LogP contribution in [0, 0.1) is 0 Å². The normalized spacial score (nSPS) is 12.0. The van der Waals surface area contributed by atoms with Crippen LogP contribution in [0.5, 0.6) is 11.5 Å². The standard InChI is InChI=1S/C18H28N6O2/c1-18(2,13-7-8-14(25-5)15(9-13)26-6)11-21-17(19-3)20-10-16-22-12-23-24(16)4/h7-9,12H,10-11H2,1-6H3,(H2,19,20,21). The molecule has 1 heterocycles. The fourth-order valence-corrected chi connectivity index (χ4v) is 2.53. The smallest absolute Gasteiger partial charge is 0.191 e. The van der Waals surface area contributed by atoms with Gasteiger partial charge in [-0.25, -0.2) is 4.98 Å². The van der Waals surface area contributed by atoms with Gasteiger partial charge in [-0.3, -0.25) is 9.67 Å². The number of methoxy groups -OCH3 is 2. The fraction of sp³-hybridized carbons (Fsp3) is 0.500. The lowest BCUT2D eigenvalue weighted by Crippen LogP contribution is -2.43. The number of rotatable bonds is 7. The van der Waals surface area contributed by atoms with Gasteiger partial charge in [0.15, 0.2) is 17.5 Å². The predicted octanol–water partition coefficient (Wildman–Crippen LogP) is 1.48. The van der Waals surface area contributed by atoms with E-state index < -0.39 is 0 Å². The molecule has 0 unspecified atom stereocenters. The molecule has 0 bridgehead atoms. The van der Waals surface area contributed by atoms with Crippen LogP contribution < -0.4 is 20.1 Å². The summed E-state index contributed by atoms with van der Waals surface area (Å²) >= 11 is 0. The zero-order valence-electron chi connectivity index (χ0n) is 16.3. The molecule has 0 radical (unpaired) electrons. The number of benzene rings is 1. The van der Waals surface area contributed by atoms with E-state index in [0.717, 1.165) is 22.9 Å². The first-order chi connectivity index (χ1) is 12.4. The van der Waals surface area contributed by atoms with Gasteiger partial charge in [0, 0.05) is 26.1 Å². The molecule has 0 atom stereocenters. The van der Waals surface area contributed by atoms with Crippen LogP contribution in [0.2, 0.25) is 0 Å². The number of aryl methyl sites for hydroxylation is 1. The lowest BCUT2D eigenvalue weighted by Gasteiger charge is -2.27. The van der Waals surface area contributed by atoms with Crippen molar-refractivity contribution in [1.29, 1.82) is 0 Å². The van der Waals surface area contributed by atoms with Crippen molar-refractivity contribution < 1.29 is 9.47 Å². The first kappa shape index (κ1) is 19.6. The number of hydrogen-bond acceptors (Lipinski definition) is 5. The van der Waals surface area contributed by atoms with Crippen LogP contribution in [0.4, 0.5) is 0 Å². The summed E-state index contributed by atoms with van der Waals surface area (Å²) in [7, 11) is 6.89. The minimum Gasteiger partial charge on any atom is -0.493 e. The van der Waals surface area contributed by atoms with Crippen LogP contribution in [-0.2, 0) is 19.0 Å². The average Bonchev–Trinajstić information content (AvgIpc) is 3.06. The molecule has 26 heavy (non-hydrogen) atoms. The molecule has 0 spiro atoms. The number of guanidine groups is 1. The van der Waals surface area contributed by atoms with Gasteiger partial charge in [0.05, 0.1) is 20.8 Å². The Kier molecular flexibility index (Phi) is 6.43. The summed E-state index contributed by atoms with van der Waals surface area (Å²) in [6.07, 6.45) is 1.54. The molecule has 142 valence electrons. The molecule has 2 rings (SSSR count). The van der Waals surface area contributed by atoms with Gasteiger partial charge in [0.25, 0.3) is 0 Å². The largest absolute Gasteiger partial charge is 0.493 e. The molecular formula is C18H28N6O2. The number of ether oxygens (including phenoxy) is 2. The van der Waals surface area contributed by atoms with Crippen LogP contribution in [-0.4, -0.2) is 48.5 Å². The first-order valence-electron chi connectivity index (χ1n) is 8.41. The molecule has 0 fully saturated rings. The summed E-state index contributed by atoms with van der Waals surface area (Å²) in [5, 5.41) is 10.7. The van der Waals surface area contributed by atoms with Crippen LogP contribution in [0.1, 0.15) is 25.2 Å². The second-order valence-corrected chi connectivity index (χ2v) is 6.53. The number of aromatic nitrogens is 3. The SMILES string of the molecule is CN=C(NCc1ncnn1C)NCC(C)(C)c1ccc(OC)c(OC)c1. The molecule has 2 aromatic rings. The lowest BCUT2D eigenvalue weighted by atomic mass is 9.84. The van der Waals surface area contributed by atoms with Crippen molar-refractivity contribution in [3.63, 3.8) is 0 Å². The van der Waals surface area contributed by atoms with E-state index in [9.17, 15) is 0 Å². The Hall–Kier alpha value is -2.77. The van der Waals surface area contributed by atoms with Gasteiger partial charge in [-0.05, 0) is 17.7 Å². The second kappa shape index (κ2) is 8.55. The molecule has 2 N–H and O–H groups in total. The van der Waals surface area contributed by atoms with E-state index in [-0.39, 0.29) is 5.41 Å². The average molecular weight is 360 g/mol. The summed E-state index contributed by atoms with van der Waals surface area (Å²) in [5.41, 5.74) is 1.01. The van der Waals surface area contributed by atoms with Gasteiger partial charge in [0.1, 0.15) is 12.2 Å². The fourth-order valence-electron chi connectivity index (χ4n) is 2.53. The lowest BCUT2D eigenvalue weighted by molar-refractivity contribution is 0.353. The van der Waals surface area contributed by atoms with Gasteiger partial charge in [-0.2, -0.15) is 5.10 Å². The summed E-state index contributed by atoms with van der Waals surface area (Å²) in [6.45, 7) is 5.57. The van der Waals surface area contributed by atoms with E-state index in [1.165, 1.54) is 6.33 Å². The zero-order chi connectivity index (χ0) is 19.2. The molecule has 1 aromatic heterocycles. The number of nitrogens with zero attached hydrogens (tertiary/aromatic N) is 4. The topological polar surface area (TPSA) is 85.6 Å². The predicted molar refractivity (Wildman–Crippen MR) is 102 cm³/mol. The summed E-state index contributed by atoms with van der Waals surface area (Å²) < 4.78 is 12.5. The van der Waals surface area contributed by atoms with E-state index in [0.29, 0.717) is 19.0 Å². The van der Waals surface area contributed by atoms with E-state index >= 15 is 0 Å². The molecular weight excluding hydrogens is 332 g/mol. The highest BCUT2D eigenvalue weighted by molar-refractivity contribution is 5.79. The maximum atomic E-state index is 5.41. The van der Waals surface area contributed by atoms with Crippen LogP contribution in [0.25, 0.3) is 0 Å². The third kappa shape index (κ3) is 4.65. The van der Waals surface area contributed by atoms with Crippen LogP contribution in [0.3, 0.4) is 0 Å². The molecule has 1 aromatic carbocycles. The number of hydrogen-bond donors (Lipinski definition) is 2. The van der Waals surface area contributed by atoms with Crippen LogP contribution in [0.15, 0.2) is 29.5 Å². The van der Waals surface area contributed by atoms with E-state index in [1.807, 2.05) is 19.2 Å². The Morgan fingerprint density at radius 3 is 2.50 bits per heavy atom. The highest BCUT2D eigenvalue weighted by atomic mass is 16.5. The van der Waals surface area contributed by atoms with E-state index in [1.54, 1.807) is 25.9 Å². The van der Waals surface area contributed by atoms with Gasteiger partial charge < -0.3 is 20.1 Å². The third-order valence-electron chi connectivity index (χ3n) is 4.31. The maximum absolute atomic E-state index is 5.41. The maximum Gasteiger partial charge on any atom is 0.191 e. The Bertz CT molecular complexity index is 754. The Balaban J connectivity index is 2.00. The van der Waals surface area contributed by atoms with E-state index in [2.05, 4.69) is 45.6 Å². The number of nitrogens with one attached hydrogen (secondary N) is 2. The first-order valence-corrected chi connectivity index (χ1v) is 8.41. The Morgan fingerprint density at radius 2 is 1.92 bits per heavy atom. The van der Waals surface area contributed by atoms with Gasteiger partial charge in [-0.1, -0.05) is 19.9 Å². The molecule has 0 aliphatic rings. The zero-order valence-corrected chi connectivity index (χ0v) is 16.3. The summed E-state index contributed by atoms with van der Waals surface area (Å²) in [5.74, 6) is 3.00. The Morgan fingerprint density at radius 1 is 1.19 bits per heavy atom. The molecule has 0 saturated carbocycles. The molecule has 0 saturated heterocycles. The van der Waals surface area contributed by atoms with Gasteiger partial charge in [0.2, 0.25) is 0 Å². The van der Waals surface area contributed by atoms with Crippen LogP contribution >= 0.6 is 0 Å². The van der Waals surface area contributed by atoms with E-state index in [4.69, 9.17) is 9.47 Å². The molecule has 0 aliphatic carbocycles. The van der Waals surface area contributed by atoms with Gasteiger partial charge >= 0.3 is 0 Å². The highest BCUT2D eigenvalue weighted by Gasteiger charge is 2.22. The molecule has 8 nitrogen and oxygen atoms in total. The summed E-state index contributed by atoms with van der Waals surface area (Å²) in [6, 6.07) is 5.99. The third-order valence-corrected chi connectivity index (χ3v) is 4.31. The van der Waals surface area contributed by atoms with Crippen molar-refractivity contribution in [2.45, 2.75) is 25.8 Å². The van der Waals surface area contributed by atoms with Crippen molar-refractivity contribution in [3.05, 3.63) is 35.9 Å². The van der Waals surface area contributed by atoms with Crippen molar-refractivity contribution in [2.75, 3.05) is 27.8 Å². The van der Waals surface area contributed by atoms with Crippen molar-refractivity contribution in [1.82, 2.24) is 25.4 Å². The minimum atomic E-state index is -0.137. The summed E-state index contributed by atoms with van der Waals surface area (Å²) in [4.78, 5) is 8.46. The van der Waals surface area contributed by atoms with Crippen molar-refractivity contribution in [2.24, 2.45) is 12.0 Å². The number of aliphatic imine (C=N–C) groups is 1. The molecule has 8 heteroatoms. The highest BCUT2D eigenvalue weighted by Crippen LogP contribution is 2.32. The minimum absolute atomic E-state index is 0.137. The second-order valence-electron chi connectivity index (χ2n) is 6.53. The van der Waals surface area contributed by atoms with Crippen molar-refractivity contribution in [3.8, 4) is 11.5 Å². The quantitative estimate of drug-likeness (QED) is 0.575. The monoisotopic (exact) mass is 360 g/mol. The van der Waals surface area contributed by atoms with Gasteiger partial charge in [-0.15, -0.1) is 0 Å².